The van der Waals surface area contributed by atoms with Gasteiger partial charge in [-0.2, -0.15) is 0 Å². The number of hydrogen-bond donors (Lipinski definition) is 1. The molecule has 164 valence electrons. The van der Waals surface area contributed by atoms with E-state index in [1.165, 1.54) is 27.7 Å². The van der Waals surface area contributed by atoms with Crippen LogP contribution in [-0.4, -0.2) is 27.3 Å². The molecule has 0 spiro atoms. The van der Waals surface area contributed by atoms with Crippen molar-refractivity contribution < 1.29 is 4.79 Å². The number of aromatic nitrogens is 2. The van der Waals surface area contributed by atoms with Crippen LogP contribution in [0.1, 0.15) is 13.8 Å². The summed E-state index contributed by atoms with van der Waals surface area (Å²) in [4.78, 5) is 32.0. The summed E-state index contributed by atoms with van der Waals surface area (Å²) < 4.78 is 2.15. The van der Waals surface area contributed by atoms with Gasteiger partial charge < -0.3 is 10.2 Å². The van der Waals surface area contributed by atoms with Crippen LogP contribution >= 0.6 is 23.1 Å². The van der Waals surface area contributed by atoms with Gasteiger partial charge in [0.2, 0.25) is 5.91 Å². The molecule has 0 aliphatic heterocycles. The zero-order chi connectivity index (χ0) is 22.7. The van der Waals surface area contributed by atoms with Gasteiger partial charge in [0.25, 0.3) is 5.56 Å². The molecule has 0 unspecified atom stereocenters. The van der Waals surface area contributed by atoms with Gasteiger partial charge in [-0.25, -0.2) is 4.98 Å². The SMILES string of the molecule is CC(C)N(C(=O)CSc1nc2ccsc2c(=O)n1C)c1ccc(Nc2ccccc2)cc1. The standard InChI is InChI=1S/C24H24N4O2S2/c1-16(2)28(19-11-9-18(10-12-19)25-17-7-5-4-6-8-17)21(29)15-32-24-26-20-13-14-31-22(20)23(30)27(24)3/h4-14,16,25H,15H2,1-3H3. The Morgan fingerprint density at radius 1 is 1.09 bits per heavy atom. The lowest BCUT2D eigenvalue weighted by molar-refractivity contribution is -0.116. The van der Waals surface area contributed by atoms with Crippen LogP contribution in [0.5, 0.6) is 0 Å². The number of hydrogen-bond acceptors (Lipinski definition) is 6. The summed E-state index contributed by atoms with van der Waals surface area (Å²) in [5.41, 5.74) is 3.39. The van der Waals surface area contributed by atoms with Crippen molar-refractivity contribution >= 4 is 56.3 Å². The molecule has 4 aromatic rings. The zero-order valence-electron chi connectivity index (χ0n) is 18.1. The Kier molecular flexibility index (Phi) is 6.62. The van der Waals surface area contributed by atoms with Crippen LogP contribution in [-0.2, 0) is 11.8 Å². The first kappa shape index (κ1) is 22.1. The van der Waals surface area contributed by atoms with Gasteiger partial charge in [0.1, 0.15) is 4.70 Å². The van der Waals surface area contributed by atoms with Crippen LogP contribution in [0.3, 0.4) is 0 Å². The van der Waals surface area contributed by atoms with Gasteiger partial charge in [-0.3, -0.25) is 14.2 Å². The fourth-order valence-electron chi connectivity index (χ4n) is 3.42. The normalized spacial score (nSPS) is 11.1. The molecule has 0 saturated heterocycles. The molecule has 0 fully saturated rings. The van der Waals surface area contributed by atoms with Gasteiger partial charge in [0.15, 0.2) is 5.16 Å². The van der Waals surface area contributed by atoms with E-state index < -0.39 is 0 Å². The van der Waals surface area contributed by atoms with Gasteiger partial charge in [-0.1, -0.05) is 30.0 Å². The molecule has 32 heavy (non-hydrogen) atoms. The molecule has 4 rings (SSSR count). The number of rotatable bonds is 7. The summed E-state index contributed by atoms with van der Waals surface area (Å²) in [6.45, 7) is 3.98. The predicted octanol–water partition coefficient (Wildman–Crippen LogP) is 5.27. The number of benzene rings is 2. The van der Waals surface area contributed by atoms with Gasteiger partial charge >= 0.3 is 0 Å². The third-order valence-electron chi connectivity index (χ3n) is 4.96. The van der Waals surface area contributed by atoms with E-state index in [0.717, 1.165) is 17.1 Å². The summed E-state index contributed by atoms with van der Waals surface area (Å²) >= 11 is 2.67. The molecule has 0 saturated carbocycles. The highest BCUT2D eigenvalue weighted by atomic mass is 32.2. The summed E-state index contributed by atoms with van der Waals surface area (Å²) in [6, 6.07) is 19.6. The molecular formula is C24H24N4O2S2. The average Bonchev–Trinajstić information content (AvgIpc) is 3.26. The minimum atomic E-state index is -0.0813. The molecule has 0 aliphatic rings. The number of fused-ring (bicyclic) bond motifs is 1. The Morgan fingerprint density at radius 2 is 1.78 bits per heavy atom. The van der Waals surface area contributed by atoms with Crippen molar-refractivity contribution in [1.29, 1.82) is 0 Å². The maximum absolute atomic E-state index is 13.1. The summed E-state index contributed by atoms with van der Waals surface area (Å²) in [6.07, 6.45) is 0. The highest BCUT2D eigenvalue weighted by Gasteiger charge is 2.20. The Hall–Kier alpha value is -3.10. The number of nitrogens with one attached hydrogen (secondary N) is 1. The third kappa shape index (κ3) is 4.71. The van der Waals surface area contributed by atoms with Crippen molar-refractivity contribution in [1.82, 2.24) is 9.55 Å². The highest BCUT2D eigenvalue weighted by molar-refractivity contribution is 7.99. The molecule has 6 nitrogen and oxygen atoms in total. The third-order valence-corrected chi connectivity index (χ3v) is 6.87. The number of para-hydroxylation sites is 1. The van der Waals surface area contributed by atoms with Crippen LogP contribution in [0.2, 0.25) is 0 Å². The Bertz CT molecular complexity index is 1280. The molecule has 2 aromatic carbocycles. The summed E-state index contributed by atoms with van der Waals surface area (Å²) in [5.74, 6) is 0.159. The van der Waals surface area contributed by atoms with Crippen LogP contribution < -0.4 is 15.8 Å². The fraction of sp³-hybridized carbons (Fsp3) is 0.208. The fourth-order valence-corrected chi connectivity index (χ4v) is 5.05. The average molecular weight is 465 g/mol. The van der Waals surface area contributed by atoms with E-state index in [1.807, 2.05) is 79.9 Å². The maximum atomic E-state index is 13.1. The lowest BCUT2D eigenvalue weighted by atomic mass is 10.2. The van der Waals surface area contributed by atoms with Crippen molar-refractivity contribution in [2.24, 2.45) is 7.05 Å². The van der Waals surface area contributed by atoms with E-state index in [-0.39, 0.29) is 23.3 Å². The van der Waals surface area contributed by atoms with Crippen LogP contribution in [0.4, 0.5) is 17.1 Å². The number of amides is 1. The van der Waals surface area contributed by atoms with E-state index in [4.69, 9.17) is 0 Å². The smallest absolute Gasteiger partial charge is 0.271 e. The number of nitrogens with zero attached hydrogens (tertiary/aromatic N) is 3. The molecule has 0 radical (unpaired) electrons. The molecule has 1 amide bonds. The molecular weight excluding hydrogens is 440 g/mol. The predicted molar refractivity (Wildman–Crippen MR) is 134 cm³/mol. The second-order valence-electron chi connectivity index (χ2n) is 7.58. The molecule has 0 atom stereocenters. The van der Waals surface area contributed by atoms with Crippen LogP contribution in [0.15, 0.2) is 76.0 Å². The van der Waals surface area contributed by atoms with Crippen LogP contribution in [0, 0.1) is 0 Å². The second-order valence-corrected chi connectivity index (χ2v) is 9.44. The Labute approximate surface area is 194 Å². The van der Waals surface area contributed by atoms with Gasteiger partial charge in [-0.05, 0) is 61.7 Å². The van der Waals surface area contributed by atoms with Crippen molar-refractivity contribution in [2.75, 3.05) is 16.0 Å². The topological polar surface area (TPSA) is 67.2 Å². The lowest BCUT2D eigenvalue weighted by Crippen LogP contribution is -2.38. The van der Waals surface area contributed by atoms with E-state index in [0.29, 0.717) is 15.4 Å². The van der Waals surface area contributed by atoms with Crippen molar-refractivity contribution in [2.45, 2.75) is 25.0 Å². The summed E-state index contributed by atoms with van der Waals surface area (Å²) in [5, 5.41) is 5.75. The largest absolute Gasteiger partial charge is 0.356 e. The van der Waals surface area contributed by atoms with Gasteiger partial charge in [0, 0.05) is 30.2 Å². The van der Waals surface area contributed by atoms with Crippen molar-refractivity contribution in [3.05, 3.63) is 76.4 Å². The lowest BCUT2D eigenvalue weighted by Gasteiger charge is -2.27. The molecule has 0 bridgehead atoms. The Balaban J connectivity index is 1.48. The first-order valence-corrected chi connectivity index (χ1v) is 12.1. The van der Waals surface area contributed by atoms with Crippen molar-refractivity contribution in [3.8, 4) is 0 Å². The van der Waals surface area contributed by atoms with E-state index in [9.17, 15) is 9.59 Å². The maximum Gasteiger partial charge on any atom is 0.271 e. The zero-order valence-corrected chi connectivity index (χ0v) is 19.7. The molecule has 8 heteroatoms. The van der Waals surface area contributed by atoms with Crippen molar-refractivity contribution in [3.63, 3.8) is 0 Å². The van der Waals surface area contributed by atoms with Gasteiger partial charge in [0.05, 0.1) is 11.3 Å². The summed E-state index contributed by atoms with van der Waals surface area (Å²) in [7, 11) is 1.69. The first-order chi connectivity index (χ1) is 15.4. The number of thiophene rings is 1. The number of anilines is 3. The molecule has 2 aromatic heterocycles. The number of thioether (sulfide) groups is 1. The van der Waals surface area contributed by atoms with E-state index >= 15 is 0 Å². The first-order valence-electron chi connectivity index (χ1n) is 10.3. The van der Waals surface area contributed by atoms with Crippen LogP contribution in [0.25, 0.3) is 10.2 Å². The Morgan fingerprint density at radius 3 is 2.47 bits per heavy atom. The second kappa shape index (κ2) is 9.58. The monoisotopic (exact) mass is 464 g/mol. The molecule has 0 aliphatic carbocycles. The quantitative estimate of drug-likeness (QED) is 0.298. The van der Waals surface area contributed by atoms with E-state index in [1.54, 1.807) is 11.9 Å². The number of carbonyl (C=O) groups is 1. The molecule has 1 N–H and O–H groups in total. The van der Waals surface area contributed by atoms with E-state index in [2.05, 4.69) is 10.3 Å². The van der Waals surface area contributed by atoms with Gasteiger partial charge in [-0.15, -0.1) is 11.3 Å². The molecule has 2 heterocycles. The highest BCUT2D eigenvalue weighted by Crippen LogP contribution is 2.25. The number of carbonyl (C=O) groups excluding carboxylic acids is 1. The minimum Gasteiger partial charge on any atom is -0.356 e. The minimum absolute atomic E-state index is 0.00725.